The van der Waals surface area contributed by atoms with Gasteiger partial charge < -0.3 is 9.47 Å². The van der Waals surface area contributed by atoms with Crippen molar-refractivity contribution in [2.75, 3.05) is 11.4 Å². The molecule has 190 valence electrons. The maximum Gasteiger partial charge on any atom is 0.270 e. The van der Waals surface area contributed by atoms with Crippen LogP contribution in [0.2, 0.25) is 0 Å². The van der Waals surface area contributed by atoms with Gasteiger partial charge in [0.25, 0.3) is 11.6 Å². The zero-order valence-electron chi connectivity index (χ0n) is 20.2. The molecule has 0 saturated heterocycles. The second kappa shape index (κ2) is 9.26. The number of anilines is 1. The van der Waals surface area contributed by atoms with E-state index >= 15 is 0 Å². The minimum atomic E-state index is -0.545. The van der Waals surface area contributed by atoms with E-state index in [1.807, 2.05) is 47.2 Å². The number of non-ortho nitro benzene ring substituents is 1. The lowest BCUT2D eigenvalue weighted by atomic mass is 9.97. The van der Waals surface area contributed by atoms with Gasteiger partial charge in [0, 0.05) is 29.9 Å². The van der Waals surface area contributed by atoms with Crippen molar-refractivity contribution in [3.8, 4) is 5.69 Å². The molecule has 4 aromatic rings. The fraction of sp³-hybridized carbons (Fsp3) is 0.172. The normalized spacial score (nSPS) is 15.9. The van der Waals surface area contributed by atoms with Gasteiger partial charge >= 0.3 is 0 Å². The molecule has 0 radical (unpaired) electrons. The lowest BCUT2D eigenvalue weighted by molar-refractivity contribution is -0.384. The summed E-state index contributed by atoms with van der Waals surface area (Å²) in [5, 5.41) is 11.3. The molecule has 2 aliphatic rings. The average molecular weight is 511 g/mol. The fourth-order valence-electron chi connectivity index (χ4n) is 5.12. The Balaban J connectivity index is 1.39. The van der Waals surface area contributed by atoms with E-state index in [4.69, 9.17) is 0 Å². The second-order valence-corrected chi connectivity index (χ2v) is 9.48. The molecular formula is C29H23FN4O4. The second-order valence-electron chi connectivity index (χ2n) is 9.48. The Hall–Kier alpha value is -4.79. The molecule has 1 aromatic heterocycles. The first-order valence-corrected chi connectivity index (χ1v) is 12.3. The minimum absolute atomic E-state index is 0.112. The summed E-state index contributed by atoms with van der Waals surface area (Å²) in [4.78, 5) is 41.5. The van der Waals surface area contributed by atoms with Crippen molar-refractivity contribution in [1.82, 2.24) is 9.47 Å². The Kier molecular flexibility index (Phi) is 5.75. The summed E-state index contributed by atoms with van der Waals surface area (Å²) >= 11 is 0. The molecule has 1 fully saturated rings. The fourth-order valence-corrected chi connectivity index (χ4v) is 5.12. The summed E-state index contributed by atoms with van der Waals surface area (Å²) in [7, 11) is 0. The van der Waals surface area contributed by atoms with Crippen LogP contribution in [0.4, 0.5) is 15.8 Å². The predicted molar refractivity (Wildman–Crippen MR) is 139 cm³/mol. The Morgan fingerprint density at radius 3 is 2.39 bits per heavy atom. The summed E-state index contributed by atoms with van der Waals surface area (Å²) < 4.78 is 15.8. The number of benzene rings is 3. The Labute approximate surface area is 217 Å². The SMILES string of the molecule is O=C(c1cccc([N+](=O)[O-])c1)N(CC(=O)N1c2ccccc2-n2cccc2C1c1ccc(F)cc1)C1CC1. The summed E-state index contributed by atoms with van der Waals surface area (Å²) in [6.45, 7) is -0.196. The third-order valence-corrected chi connectivity index (χ3v) is 7.03. The number of nitro groups is 1. The van der Waals surface area contributed by atoms with Gasteiger partial charge in [0.05, 0.1) is 22.0 Å². The first kappa shape index (κ1) is 23.6. The van der Waals surface area contributed by atoms with E-state index in [1.165, 1.54) is 41.3 Å². The van der Waals surface area contributed by atoms with Crippen LogP contribution in [0.1, 0.15) is 40.5 Å². The van der Waals surface area contributed by atoms with Gasteiger partial charge in [-0.3, -0.25) is 24.6 Å². The van der Waals surface area contributed by atoms with E-state index in [2.05, 4.69) is 0 Å². The number of para-hydroxylation sites is 2. The molecule has 38 heavy (non-hydrogen) atoms. The monoisotopic (exact) mass is 510 g/mol. The van der Waals surface area contributed by atoms with Gasteiger partial charge in [0.2, 0.25) is 5.91 Å². The van der Waals surface area contributed by atoms with Crippen molar-refractivity contribution in [1.29, 1.82) is 0 Å². The summed E-state index contributed by atoms with van der Waals surface area (Å²) in [5.41, 5.74) is 3.06. The average Bonchev–Trinajstić information content (AvgIpc) is 3.66. The molecule has 1 saturated carbocycles. The van der Waals surface area contributed by atoms with E-state index in [-0.39, 0.29) is 35.6 Å². The molecule has 6 rings (SSSR count). The molecule has 0 bridgehead atoms. The number of amides is 2. The van der Waals surface area contributed by atoms with Crippen molar-refractivity contribution < 1.29 is 18.9 Å². The topological polar surface area (TPSA) is 88.7 Å². The van der Waals surface area contributed by atoms with Gasteiger partial charge in [0.15, 0.2) is 0 Å². The standard InChI is InChI=1S/C29H23FN4O4/c30-21-12-10-19(11-13-21)28-26-9-4-16-31(26)24-7-1-2-8-25(24)33(28)27(35)18-32(22-14-15-22)29(36)20-5-3-6-23(17-20)34(37)38/h1-13,16-17,22,28H,14-15,18H2. The van der Waals surface area contributed by atoms with Gasteiger partial charge in [-0.15, -0.1) is 0 Å². The smallest absolute Gasteiger partial charge is 0.270 e. The van der Waals surface area contributed by atoms with E-state index in [0.29, 0.717) is 5.69 Å². The van der Waals surface area contributed by atoms with Gasteiger partial charge in [-0.1, -0.05) is 30.3 Å². The molecule has 2 heterocycles. The number of carbonyl (C=O) groups excluding carboxylic acids is 2. The van der Waals surface area contributed by atoms with Crippen LogP contribution in [-0.4, -0.2) is 38.8 Å². The molecule has 1 unspecified atom stereocenters. The molecule has 1 atom stereocenters. The van der Waals surface area contributed by atoms with Crippen LogP contribution in [0, 0.1) is 15.9 Å². The number of carbonyl (C=O) groups is 2. The Morgan fingerprint density at radius 2 is 1.68 bits per heavy atom. The van der Waals surface area contributed by atoms with E-state index in [9.17, 15) is 24.1 Å². The molecule has 8 nitrogen and oxygen atoms in total. The van der Waals surface area contributed by atoms with Crippen molar-refractivity contribution in [3.63, 3.8) is 0 Å². The minimum Gasteiger partial charge on any atom is -0.326 e. The van der Waals surface area contributed by atoms with Gasteiger partial charge in [0.1, 0.15) is 18.4 Å². The molecule has 0 spiro atoms. The molecule has 1 aliphatic heterocycles. The highest BCUT2D eigenvalue weighted by Crippen LogP contribution is 2.42. The molecule has 3 aromatic carbocycles. The predicted octanol–water partition coefficient (Wildman–Crippen LogP) is 5.27. The van der Waals surface area contributed by atoms with Crippen LogP contribution in [0.3, 0.4) is 0 Å². The van der Waals surface area contributed by atoms with E-state index in [0.717, 1.165) is 29.8 Å². The van der Waals surface area contributed by atoms with Crippen molar-refractivity contribution in [3.05, 3.63) is 124 Å². The van der Waals surface area contributed by atoms with Crippen molar-refractivity contribution in [2.24, 2.45) is 0 Å². The van der Waals surface area contributed by atoms with Crippen LogP contribution in [0.15, 0.2) is 91.1 Å². The largest absolute Gasteiger partial charge is 0.326 e. The van der Waals surface area contributed by atoms with E-state index in [1.54, 1.807) is 17.0 Å². The summed E-state index contributed by atoms with van der Waals surface area (Å²) in [5.74, 6) is -1.10. The summed E-state index contributed by atoms with van der Waals surface area (Å²) in [6, 6.07) is 22.3. The number of nitro benzene ring substituents is 1. The number of fused-ring (bicyclic) bond motifs is 3. The zero-order valence-corrected chi connectivity index (χ0v) is 20.2. The van der Waals surface area contributed by atoms with Crippen molar-refractivity contribution >= 4 is 23.2 Å². The molecule has 9 heteroatoms. The Bertz CT molecular complexity index is 1560. The van der Waals surface area contributed by atoms with Gasteiger partial charge in [-0.05, 0) is 60.9 Å². The lowest BCUT2D eigenvalue weighted by Gasteiger charge is -2.39. The summed E-state index contributed by atoms with van der Waals surface area (Å²) in [6.07, 6.45) is 3.44. The number of hydrogen-bond donors (Lipinski definition) is 0. The maximum atomic E-state index is 14.1. The van der Waals surface area contributed by atoms with Crippen LogP contribution in [-0.2, 0) is 4.79 Å². The number of nitrogens with zero attached hydrogens (tertiary/aromatic N) is 4. The van der Waals surface area contributed by atoms with E-state index < -0.39 is 16.9 Å². The quantitative estimate of drug-likeness (QED) is 0.261. The lowest BCUT2D eigenvalue weighted by Crippen LogP contribution is -2.47. The number of aromatic nitrogens is 1. The maximum absolute atomic E-state index is 14.1. The van der Waals surface area contributed by atoms with Crippen molar-refractivity contribution in [2.45, 2.75) is 24.9 Å². The highest BCUT2D eigenvalue weighted by atomic mass is 19.1. The van der Waals surface area contributed by atoms with Gasteiger partial charge in [-0.2, -0.15) is 0 Å². The molecule has 2 amide bonds. The zero-order chi connectivity index (χ0) is 26.4. The Morgan fingerprint density at radius 1 is 0.947 bits per heavy atom. The van der Waals surface area contributed by atoms with Crippen LogP contribution < -0.4 is 4.90 Å². The number of hydrogen-bond acceptors (Lipinski definition) is 4. The first-order valence-electron chi connectivity index (χ1n) is 12.3. The highest BCUT2D eigenvalue weighted by molar-refractivity contribution is 6.03. The third-order valence-electron chi connectivity index (χ3n) is 7.03. The number of halogens is 1. The van der Waals surface area contributed by atoms with Crippen LogP contribution in [0.25, 0.3) is 5.69 Å². The van der Waals surface area contributed by atoms with Crippen LogP contribution in [0.5, 0.6) is 0 Å². The third kappa shape index (κ3) is 4.11. The molecule has 0 N–H and O–H groups in total. The first-order chi connectivity index (χ1) is 18.4. The molecule has 1 aliphatic carbocycles. The highest BCUT2D eigenvalue weighted by Gasteiger charge is 2.40. The van der Waals surface area contributed by atoms with Crippen LogP contribution >= 0.6 is 0 Å². The molecular weight excluding hydrogens is 487 g/mol. The number of rotatable bonds is 6. The van der Waals surface area contributed by atoms with Gasteiger partial charge in [-0.25, -0.2) is 4.39 Å².